The molecule has 4 rings (SSSR count). The van der Waals surface area contributed by atoms with E-state index in [1.807, 2.05) is 4.90 Å². The minimum Gasteiger partial charge on any atom is -0.321 e. The van der Waals surface area contributed by atoms with Gasteiger partial charge in [-0.25, -0.2) is 9.18 Å². The first kappa shape index (κ1) is 23.0. The molecule has 2 aromatic rings. The topological polar surface area (TPSA) is 38.8 Å². The Kier molecular flexibility index (Phi) is 7.66. The molecule has 172 valence electrons. The van der Waals surface area contributed by atoms with Gasteiger partial charge in [0.25, 0.3) is 0 Å². The van der Waals surface area contributed by atoms with Gasteiger partial charge in [-0.15, -0.1) is 0 Å². The number of nitrogens with one attached hydrogen (secondary N) is 1. The summed E-state index contributed by atoms with van der Waals surface area (Å²) in [5, 5.41) is 2.95. The van der Waals surface area contributed by atoms with Gasteiger partial charge in [-0.05, 0) is 68.6 Å². The molecule has 1 aliphatic carbocycles. The molecular weight excluding hydrogens is 427 g/mol. The summed E-state index contributed by atoms with van der Waals surface area (Å²) in [5.74, 6) is -0.488. The highest BCUT2D eigenvalue weighted by molar-refractivity contribution is 6.31. The minimum absolute atomic E-state index is 0.0102. The number of hydrogen-bond acceptors (Lipinski definition) is 3. The van der Waals surface area contributed by atoms with E-state index in [1.54, 1.807) is 6.07 Å². The number of hydrogen-bond donors (Lipinski definition) is 1. The molecule has 5 nitrogen and oxygen atoms in total. The molecule has 0 radical (unpaired) electrons. The van der Waals surface area contributed by atoms with Crippen LogP contribution >= 0.6 is 11.6 Å². The molecule has 32 heavy (non-hydrogen) atoms. The van der Waals surface area contributed by atoms with Crippen LogP contribution in [0, 0.1) is 5.82 Å². The fraction of sp³-hybridized carbons (Fsp3) is 0.480. The Morgan fingerprint density at radius 1 is 1.16 bits per heavy atom. The average molecular weight is 459 g/mol. The molecule has 0 aromatic heterocycles. The maximum absolute atomic E-state index is 13.5. The van der Waals surface area contributed by atoms with Gasteiger partial charge in [0, 0.05) is 44.5 Å². The molecule has 1 fully saturated rings. The third-order valence-corrected chi connectivity index (χ3v) is 6.95. The molecule has 0 saturated carbocycles. The average Bonchev–Trinajstić information content (AvgIpc) is 2.80. The lowest BCUT2D eigenvalue weighted by molar-refractivity contribution is 0.140. The van der Waals surface area contributed by atoms with E-state index in [1.165, 1.54) is 23.3 Å². The van der Waals surface area contributed by atoms with Crippen molar-refractivity contribution in [3.05, 3.63) is 64.4 Å². The first-order chi connectivity index (χ1) is 15.5. The van der Waals surface area contributed by atoms with Gasteiger partial charge >= 0.3 is 6.03 Å². The molecule has 1 aliphatic heterocycles. The molecule has 2 aliphatic rings. The van der Waals surface area contributed by atoms with E-state index in [2.05, 4.69) is 46.4 Å². The molecule has 1 atom stereocenters. The number of nitrogens with zero attached hydrogens (tertiary/aromatic N) is 3. The minimum atomic E-state index is -0.488. The van der Waals surface area contributed by atoms with Gasteiger partial charge < -0.3 is 20.0 Å². The largest absolute Gasteiger partial charge is 0.322 e. The van der Waals surface area contributed by atoms with Crippen LogP contribution in [0.3, 0.4) is 0 Å². The first-order valence-electron chi connectivity index (χ1n) is 11.5. The van der Waals surface area contributed by atoms with E-state index in [0.717, 1.165) is 58.4 Å². The summed E-state index contributed by atoms with van der Waals surface area (Å²) >= 11 is 5.91. The quantitative estimate of drug-likeness (QED) is 0.692. The number of likely N-dealkylation sites (N-methyl/N-ethyl adjacent to an activating group) is 1. The lowest BCUT2D eigenvalue weighted by atomic mass is 9.87. The van der Waals surface area contributed by atoms with Gasteiger partial charge in [-0.1, -0.05) is 35.9 Å². The lowest BCUT2D eigenvalue weighted by Gasteiger charge is -2.36. The van der Waals surface area contributed by atoms with Crippen LogP contribution in [-0.2, 0) is 12.8 Å². The molecular formula is C25H32ClFN4O. The molecule has 7 heteroatoms. The van der Waals surface area contributed by atoms with E-state index < -0.39 is 5.82 Å². The lowest BCUT2D eigenvalue weighted by Crippen LogP contribution is -2.48. The summed E-state index contributed by atoms with van der Waals surface area (Å²) in [7, 11) is 2.16. The predicted octanol–water partition coefficient (Wildman–Crippen LogP) is 4.51. The second-order valence-corrected chi connectivity index (χ2v) is 9.32. The van der Waals surface area contributed by atoms with Crippen molar-refractivity contribution in [3.63, 3.8) is 0 Å². The third kappa shape index (κ3) is 5.80. The van der Waals surface area contributed by atoms with Crippen molar-refractivity contribution in [2.45, 2.75) is 31.7 Å². The highest BCUT2D eigenvalue weighted by atomic mass is 35.5. The van der Waals surface area contributed by atoms with E-state index >= 15 is 0 Å². The third-order valence-electron chi connectivity index (χ3n) is 6.66. The van der Waals surface area contributed by atoms with Gasteiger partial charge in [0.15, 0.2) is 0 Å². The number of fused-ring (bicyclic) bond motifs is 1. The predicted molar refractivity (Wildman–Crippen MR) is 128 cm³/mol. The summed E-state index contributed by atoms with van der Waals surface area (Å²) in [5.41, 5.74) is 3.22. The van der Waals surface area contributed by atoms with Crippen molar-refractivity contribution in [3.8, 4) is 0 Å². The number of amides is 2. The number of carbonyl (C=O) groups is 1. The smallest absolute Gasteiger partial charge is 0.321 e. The number of rotatable bonds is 6. The maximum Gasteiger partial charge on any atom is 0.322 e. The van der Waals surface area contributed by atoms with E-state index in [0.29, 0.717) is 12.2 Å². The Morgan fingerprint density at radius 3 is 2.66 bits per heavy atom. The molecule has 1 heterocycles. The highest BCUT2D eigenvalue weighted by Crippen LogP contribution is 2.26. The summed E-state index contributed by atoms with van der Waals surface area (Å²) in [4.78, 5) is 20.1. The van der Waals surface area contributed by atoms with E-state index in [9.17, 15) is 9.18 Å². The van der Waals surface area contributed by atoms with Crippen LogP contribution in [-0.4, -0.2) is 73.1 Å². The normalized spacial score (nSPS) is 19.4. The summed E-state index contributed by atoms with van der Waals surface area (Å²) < 4.78 is 13.5. The number of benzene rings is 2. The Bertz CT molecular complexity index is 932. The number of piperazine rings is 1. The molecule has 1 saturated heterocycles. The standard InChI is InChI=1S/C25H32ClFN4O/c1-29-13-15-30(16-14-29)11-4-12-31(22-9-7-19-5-2-3-6-20(19)17-22)25(32)28-21-8-10-24(27)23(26)18-21/h2-3,5-6,8,10,18,22H,4,7,9,11-17H2,1H3,(H,28,32). The van der Waals surface area contributed by atoms with Crippen molar-refractivity contribution in [1.82, 2.24) is 14.7 Å². The fourth-order valence-corrected chi connectivity index (χ4v) is 4.88. The number of carbonyl (C=O) groups excluding carboxylic acids is 1. The first-order valence-corrected chi connectivity index (χ1v) is 11.9. The van der Waals surface area contributed by atoms with Crippen molar-refractivity contribution >= 4 is 23.3 Å². The second kappa shape index (κ2) is 10.6. The number of urea groups is 1. The molecule has 0 spiro atoms. The van der Waals surface area contributed by atoms with Crippen LogP contribution in [0.5, 0.6) is 0 Å². The Labute approximate surface area is 195 Å². The van der Waals surface area contributed by atoms with Crippen LogP contribution in [0.25, 0.3) is 0 Å². The SMILES string of the molecule is CN1CCN(CCCN(C(=O)Nc2ccc(F)c(Cl)c2)C2CCc3ccccc3C2)CC1. The van der Waals surface area contributed by atoms with Crippen molar-refractivity contribution in [1.29, 1.82) is 0 Å². The Hall–Kier alpha value is -2.15. The Morgan fingerprint density at radius 2 is 1.91 bits per heavy atom. The van der Waals surface area contributed by atoms with Crippen LogP contribution in [0.4, 0.5) is 14.9 Å². The number of aryl methyl sites for hydroxylation is 1. The van der Waals surface area contributed by atoms with Crippen LogP contribution in [0.2, 0.25) is 5.02 Å². The molecule has 1 unspecified atom stereocenters. The van der Waals surface area contributed by atoms with Crippen LogP contribution < -0.4 is 5.32 Å². The van der Waals surface area contributed by atoms with Gasteiger partial charge in [0.05, 0.1) is 5.02 Å². The molecule has 1 N–H and O–H groups in total. The molecule has 2 aromatic carbocycles. The number of anilines is 1. The molecule has 2 amide bonds. The van der Waals surface area contributed by atoms with Gasteiger partial charge in [-0.3, -0.25) is 0 Å². The zero-order valence-electron chi connectivity index (χ0n) is 18.7. The number of halogens is 2. The van der Waals surface area contributed by atoms with E-state index in [-0.39, 0.29) is 17.1 Å². The van der Waals surface area contributed by atoms with Crippen molar-refractivity contribution in [2.75, 3.05) is 51.6 Å². The van der Waals surface area contributed by atoms with Crippen molar-refractivity contribution < 1.29 is 9.18 Å². The van der Waals surface area contributed by atoms with Gasteiger partial charge in [0.2, 0.25) is 0 Å². The summed E-state index contributed by atoms with van der Waals surface area (Å²) in [6.07, 6.45) is 3.72. The van der Waals surface area contributed by atoms with Crippen molar-refractivity contribution in [2.24, 2.45) is 0 Å². The molecule has 0 bridgehead atoms. The fourth-order valence-electron chi connectivity index (χ4n) is 4.70. The van der Waals surface area contributed by atoms with E-state index in [4.69, 9.17) is 11.6 Å². The van der Waals surface area contributed by atoms with Crippen LogP contribution in [0.15, 0.2) is 42.5 Å². The monoisotopic (exact) mass is 458 g/mol. The zero-order valence-corrected chi connectivity index (χ0v) is 19.5. The summed E-state index contributed by atoms with van der Waals surface area (Å²) in [6, 6.07) is 12.8. The zero-order chi connectivity index (χ0) is 22.5. The van der Waals surface area contributed by atoms with Crippen LogP contribution in [0.1, 0.15) is 24.0 Å². The highest BCUT2D eigenvalue weighted by Gasteiger charge is 2.28. The maximum atomic E-state index is 13.5. The van der Waals surface area contributed by atoms with Gasteiger partial charge in [0.1, 0.15) is 5.82 Å². The Balaban J connectivity index is 1.43. The second-order valence-electron chi connectivity index (χ2n) is 8.92. The summed E-state index contributed by atoms with van der Waals surface area (Å²) in [6.45, 7) is 6.02. The van der Waals surface area contributed by atoms with Gasteiger partial charge in [-0.2, -0.15) is 0 Å².